The average Bonchev–Trinajstić information content (AvgIpc) is 3.40. The van der Waals surface area contributed by atoms with Gasteiger partial charge in [0.1, 0.15) is 5.82 Å². The monoisotopic (exact) mass is 364 g/mol. The molecule has 0 amide bonds. The highest BCUT2D eigenvalue weighted by Crippen LogP contribution is 2.32. The Hall–Kier alpha value is -3.22. The lowest BCUT2D eigenvalue weighted by Gasteiger charge is -2.11. The predicted molar refractivity (Wildman–Crippen MR) is 98.7 cm³/mol. The Morgan fingerprint density at radius 2 is 1.96 bits per heavy atom. The maximum absolute atomic E-state index is 13.9. The molecule has 5 rings (SSSR count). The summed E-state index contributed by atoms with van der Waals surface area (Å²) in [7, 11) is 0. The van der Waals surface area contributed by atoms with Crippen LogP contribution < -0.4 is 5.69 Å². The third-order valence-electron chi connectivity index (χ3n) is 5.19. The predicted octanol–water partition coefficient (Wildman–Crippen LogP) is 4.30. The van der Waals surface area contributed by atoms with Crippen molar-refractivity contribution in [1.29, 1.82) is 0 Å². The molecule has 7 heteroatoms. The second-order valence-electron chi connectivity index (χ2n) is 6.87. The van der Waals surface area contributed by atoms with Crippen LogP contribution in [-0.2, 0) is 0 Å². The molecule has 1 N–H and O–H groups in total. The first kappa shape index (κ1) is 16.0. The van der Waals surface area contributed by atoms with Gasteiger partial charge >= 0.3 is 5.69 Å². The number of nitrogens with one attached hydrogen (secondary N) is 1. The number of nitrogens with zero attached hydrogens (tertiary/aromatic N) is 3. The van der Waals surface area contributed by atoms with Gasteiger partial charge in [-0.15, -0.1) is 0 Å². The van der Waals surface area contributed by atoms with Crippen LogP contribution in [0.1, 0.15) is 31.7 Å². The number of aromatic nitrogens is 4. The zero-order valence-electron chi connectivity index (χ0n) is 14.5. The topological polar surface area (TPSA) is 76.7 Å². The van der Waals surface area contributed by atoms with Crippen molar-refractivity contribution in [3.05, 3.63) is 58.8 Å². The van der Waals surface area contributed by atoms with E-state index in [0.29, 0.717) is 11.4 Å². The van der Waals surface area contributed by atoms with Gasteiger partial charge in [0.2, 0.25) is 5.82 Å². The SMILES string of the molecule is O=c1[nH]c2cc(-c3noc(-c4ccccc4F)n3)ccc2n1C1CCCC1. The summed E-state index contributed by atoms with van der Waals surface area (Å²) in [6.45, 7) is 0. The molecule has 1 aliphatic rings. The number of imidazole rings is 1. The van der Waals surface area contributed by atoms with Gasteiger partial charge < -0.3 is 9.51 Å². The van der Waals surface area contributed by atoms with Gasteiger partial charge in [-0.25, -0.2) is 9.18 Å². The Kier molecular flexibility index (Phi) is 3.67. The molecule has 2 aromatic carbocycles. The smallest absolute Gasteiger partial charge is 0.326 e. The van der Waals surface area contributed by atoms with Crippen LogP contribution in [0.2, 0.25) is 0 Å². The molecule has 0 bridgehead atoms. The van der Waals surface area contributed by atoms with Crippen LogP contribution in [-0.4, -0.2) is 19.7 Å². The van der Waals surface area contributed by atoms with Gasteiger partial charge in [0, 0.05) is 11.6 Å². The summed E-state index contributed by atoms with van der Waals surface area (Å²) in [5, 5.41) is 3.97. The molecule has 1 aliphatic carbocycles. The third kappa shape index (κ3) is 2.66. The van der Waals surface area contributed by atoms with Crippen molar-refractivity contribution in [2.24, 2.45) is 0 Å². The fourth-order valence-corrected chi connectivity index (χ4v) is 3.88. The summed E-state index contributed by atoms with van der Waals surface area (Å²) in [5.41, 5.74) is 2.50. The molecule has 1 saturated carbocycles. The fraction of sp³-hybridized carbons (Fsp3) is 0.250. The van der Waals surface area contributed by atoms with E-state index in [1.807, 2.05) is 22.8 Å². The number of halogens is 1. The van der Waals surface area contributed by atoms with Crippen LogP contribution in [0.15, 0.2) is 51.8 Å². The normalized spacial score (nSPS) is 15.0. The van der Waals surface area contributed by atoms with E-state index in [4.69, 9.17) is 4.52 Å². The van der Waals surface area contributed by atoms with E-state index < -0.39 is 5.82 Å². The van der Waals surface area contributed by atoms with Gasteiger partial charge in [-0.05, 0) is 43.2 Å². The summed E-state index contributed by atoms with van der Waals surface area (Å²) in [5.74, 6) is 0.0611. The Bertz CT molecular complexity index is 1180. The van der Waals surface area contributed by atoms with Crippen molar-refractivity contribution in [2.45, 2.75) is 31.7 Å². The summed E-state index contributed by atoms with van der Waals surface area (Å²) >= 11 is 0. The Labute approximate surface area is 153 Å². The Morgan fingerprint density at radius 1 is 1.15 bits per heavy atom. The highest BCUT2D eigenvalue weighted by molar-refractivity contribution is 5.81. The largest absolute Gasteiger partial charge is 0.334 e. The molecule has 27 heavy (non-hydrogen) atoms. The molecule has 136 valence electrons. The molecule has 6 nitrogen and oxygen atoms in total. The molecular formula is C20H17FN4O2. The van der Waals surface area contributed by atoms with Crippen LogP contribution in [0.3, 0.4) is 0 Å². The Balaban J connectivity index is 1.55. The lowest BCUT2D eigenvalue weighted by molar-refractivity contribution is 0.429. The van der Waals surface area contributed by atoms with Crippen molar-refractivity contribution in [3.63, 3.8) is 0 Å². The van der Waals surface area contributed by atoms with E-state index in [-0.39, 0.29) is 23.2 Å². The van der Waals surface area contributed by atoms with Gasteiger partial charge in [-0.3, -0.25) is 4.57 Å². The summed E-state index contributed by atoms with van der Waals surface area (Å²) < 4.78 is 21.0. The molecule has 0 saturated heterocycles. The maximum Gasteiger partial charge on any atom is 0.326 e. The number of fused-ring (bicyclic) bond motifs is 1. The van der Waals surface area contributed by atoms with Crippen LogP contribution in [0.25, 0.3) is 33.9 Å². The first-order chi connectivity index (χ1) is 13.2. The van der Waals surface area contributed by atoms with Crippen molar-refractivity contribution >= 4 is 11.0 Å². The van der Waals surface area contributed by atoms with E-state index in [1.54, 1.807) is 18.2 Å². The van der Waals surface area contributed by atoms with Crippen molar-refractivity contribution < 1.29 is 8.91 Å². The van der Waals surface area contributed by atoms with Crippen LogP contribution >= 0.6 is 0 Å². The minimum atomic E-state index is -0.416. The quantitative estimate of drug-likeness (QED) is 0.588. The molecule has 0 aliphatic heterocycles. The van der Waals surface area contributed by atoms with Gasteiger partial charge in [-0.2, -0.15) is 4.98 Å². The fourth-order valence-electron chi connectivity index (χ4n) is 3.88. The number of H-pyrrole nitrogens is 1. The van der Waals surface area contributed by atoms with Gasteiger partial charge in [0.15, 0.2) is 0 Å². The first-order valence-corrected chi connectivity index (χ1v) is 9.04. The molecule has 1 fully saturated rings. The van der Waals surface area contributed by atoms with Gasteiger partial charge in [-0.1, -0.05) is 30.1 Å². The molecule has 2 heterocycles. The molecule has 0 unspecified atom stereocenters. The molecule has 2 aromatic heterocycles. The second kappa shape index (κ2) is 6.19. The zero-order valence-corrected chi connectivity index (χ0v) is 14.5. The minimum Gasteiger partial charge on any atom is -0.334 e. The molecular weight excluding hydrogens is 347 g/mol. The lowest BCUT2D eigenvalue weighted by atomic mass is 10.1. The second-order valence-corrected chi connectivity index (χ2v) is 6.87. The molecule has 0 atom stereocenters. The number of rotatable bonds is 3. The summed E-state index contributed by atoms with van der Waals surface area (Å²) in [4.78, 5) is 19.6. The number of benzene rings is 2. The van der Waals surface area contributed by atoms with Gasteiger partial charge in [0.05, 0.1) is 16.6 Å². The Morgan fingerprint density at radius 3 is 2.78 bits per heavy atom. The average molecular weight is 364 g/mol. The van der Waals surface area contributed by atoms with E-state index in [2.05, 4.69) is 15.1 Å². The summed E-state index contributed by atoms with van der Waals surface area (Å²) in [6, 6.07) is 12.1. The van der Waals surface area contributed by atoms with E-state index in [9.17, 15) is 9.18 Å². The first-order valence-electron chi connectivity index (χ1n) is 9.04. The standard InChI is InChI=1S/C20H17FN4O2/c21-15-8-4-3-7-14(15)19-23-18(24-27-19)12-9-10-17-16(11-12)22-20(26)25(17)13-5-1-2-6-13/h3-4,7-11,13H,1-2,5-6H2,(H,22,26). The molecule has 0 spiro atoms. The summed E-state index contributed by atoms with van der Waals surface area (Å²) in [6.07, 6.45) is 4.38. The van der Waals surface area contributed by atoms with Crippen molar-refractivity contribution in [1.82, 2.24) is 19.7 Å². The number of aromatic amines is 1. The van der Waals surface area contributed by atoms with E-state index in [0.717, 1.165) is 36.7 Å². The lowest BCUT2D eigenvalue weighted by Crippen LogP contribution is -2.20. The number of hydrogen-bond acceptors (Lipinski definition) is 4. The van der Waals surface area contributed by atoms with Crippen molar-refractivity contribution in [2.75, 3.05) is 0 Å². The van der Waals surface area contributed by atoms with Crippen LogP contribution in [0.4, 0.5) is 4.39 Å². The van der Waals surface area contributed by atoms with Gasteiger partial charge in [0.25, 0.3) is 5.89 Å². The highest BCUT2D eigenvalue weighted by atomic mass is 19.1. The molecule has 0 radical (unpaired) electrons. The molecule has 4 aromatic rings. The zero-order chi connectivity index (χ0) is 18.4. The number of hydrogen-bond donors (Lipinski definition) is 1. The maximum atomic E-state index is 13.9. The van der Waals surface area contributed by atoms with E-state index >= 15 is 0 Å². The minimum absolute atomic E-state index is 0.0887. The highest BCUT2D eigenvalue weighted by Gasteiger charge is 2.22. The third-order valence-corrected chi connectivity index (χ3v) is 5.19. The van der Waals surface area contributed by atoms with E-state index in [1.165, 1.54) is 6.07 Å². The van der Waals surface area contributed by atoms with Crippen LogP contribution in [0, 0.1) is 5.82 Å². The van der Waals surface area contributed by atoms with Crippen molar-refractivity contribution in [3.8, 4) is 22.8 Å². The van der Waals surface area contributed by atoms with Crippen LogP contribution in [0.5, 0.6) is 0 Å².